The van der Waals surface area contributed by atoms with Gasteiger partial charge < -0.3 is 10.00 Å². The number of phosphoric acid groups is 1. The molecule has 1 aromatic rings. The first-order valence-corrected chi connectivity index (χ1v) is 11.3. The molecular formula is C12H21O5PSi. The fourth-order valence-corrected chi connectivity index (χ4v) is 2.95. The molecule has 108 valence electrons. The number of hydrogen-bond donors (Lipinski definition) is 2. The van der Waals surface area contributed by atoms with Gasteiger partial charge in [0.05, 0.1) is 6.61 Å². The smallest absolute Gasteiger partial charge is 0.364 e. The quantitative estimate of drug-likeness (QED) is 0.460. The first-order valence-electron chi connectivity index (χ1n) is 6.08. The zero-order valence-electron chi connectivity index (χ0n) is 11.4. The first kappa shape index (κ1) is 16.6. The number of phosphoric ester groups is 1. The zero-order valence-corrected chi connectivity index (χ0v) is 13.3. The summed E-state index contributed by atoms with van der Waals surface area (Å²) in [6.07, 6.45) is -1.47. The van der Waals surface area contributed by atoms with Crippen LogP contribution in [-0.4, -0.2) is 24.7 Å². The van der Waals surface area contributed by atoms with Crippen LogP contribution in [0.3, 0.4) is 0 Å². The number of benzene rings is 1. The summed E-state index contributed by atoms with van der Waals surface area (Å²) in [5.74, 6) is 0. The van der Waals surface area contributed by atoms with Crippen molar-refractivity contribution in [3.8, 4) is 0 Å². The predicted octanol–water partition coefficient (Wildman–Crippen LogP) is 3.15. The van der Waals surface area contributed by atoms with Gasteiger partial charge in [0, 0.05) is 13.6 Å². The van der Waals surface area contributed by atoms with Gasteiger partial charge in [0.25, 0.3) is 0 Å². The summed E-state index contributed by atoms with van der Waals surface area (Å²) in [5.41, 5.74) is 0.408. The van der Waals surface area contributed by atoms with Gasteiger partial charge in [0.1, 0.15) is 0 Å². The van der Waals surface area contributed by atoms with E-state index in [1.54, 1.807) is 30.3 Å². The molecule has 2 N–H and O–H groups in total. The normalized spacial score (nSPS) is 16.9. The number of aliphatic hydroxyl groups is 1. The van der Waals surface area contributed by atoms with E-state index >= 15 is 0 Å². The summed E-state index contributed by atoms with van der Waals surface area (Å²) in [4.78, 5) is 9.51. The molecule has 2 unspecified atom stereocenters. The largest absolute Gasteiger partial charge is 0.474 e. The van der Waals surface area contributed by atoms with Crippen LogP contribution >= 0.6 is 7.82 Å². The highest BCUT2D eigenvalue weighted by atomic mass is 31.2. The van der Waals surface area contributed by atoms with Gasteiger partial charge in [-0.1, -0.05) is 50.0 Å². The summed E-state index contributed by atoms with van der Waals surface area (Å²) in [6, 6.07) is 9.15. The average Bonchev–Trinajstić information content (AvgIpc) is 2.27. The maximum Gasteiger partial charge on any atom is 0.474 e. The Labute approximate surface area is 114 Å². The summed E-state index contributed by atoms with van der Waals surface area (Å²) in [6.45, 7) is 6.57. The molecule has 0 aliphatic carbocycles. The van der Waals surface area contributed by atoms with E-state index in [0.29, 0.717) is 5.56 Å². The van der Waals surface area contributed by atoms with E-state index in [1.165, 1.54) is 0 Å². The van der Waals surface area contributed by atoms with Crippen molar-refractivity contribution in [3.05, 3.63) is 35.9 Å². The van der Waals surface area contributed by atoms with E-state index in [0.717, 1.165) is 6.04 Å². The van der Waals surface area contributed by atoms with Crippen molar-refractivity contribution in [2.45, 2.75) is 32.0 Å². The molecule has 0 bridgehead atoms. The van der Waals surface area contributed by atoms with Crippen molar-refractivity contribution >= 4 is 15.9 Å². The Morgan fingerprint density at radius 2 is 1.84 bits per heavy atom. The van der Waals surface area contributed by atoms with Gasteiger partial charge in [-0.05, 0) is 6.04 Å². The third kappa shape index (κ3) is 7.01. The van der Waals surface area contributed by atoms with Crippen LogP contribution in [0.4, 0.5) is 0 Å². The Morgan fingerprint density at radius 3 is 2.37 bits per heavy atom. The van der Waals surface area contributed by atoms with Crippen molar-refractivity contribution in [3.63, 3.8) is 0 Å². The van der Waals surface area contributed by atoms with E-state index in [-0.39, 0.29) is 6.61 Å². The minimum Gasteiger partial charge on any atom is -0.364 e. The second-order valence-electron chi connectivity index (χ2n) is 5.48. The zero-order chi connectivity index (χ0) is 14.5. The summed E-state index contributed by atoms with van der Waals surface area (Å²) >= 11 is 0. The molecule has 1 aromatic carbocycles. The fraction of sp³-hybridized carbons (Fsp3) is 0.500. The molecule has 1 rings (SSSR count). The molecule has 0 heterocycles. The molecule has 19 heavy (non-hydrogen) atoms. The van der Waals surface area contributed by atoms with Crippen LogP contribution in [0.1, 0.15) is 11.9 Å². The van der Waals surface area contributed by atoms with Crippen molar-refractivity contribution in [1.29, 1.82) is 0 Å². The Balaban J connectivity index is 2.48. The molecule has 0 radical (unpaired) electrons. The second-order valence-corrected chi connectivity index (χ2v) is 12.5. The molecule has 0 aliphatic rings. The lowest BCUT2D eigenvalue weighted by Crippen LogP contribution is -2.21. The Bertz CT molecular complexity index is 431. The van der Waals surface area contributed by atoms with E-state index in [2.05, 4.69) is 19.6 Å². The molecule has 0 spiro atoms. The lowest BCUT2D eigenvalue weighted by molar-refractivity contribution is -0.0441. The van der Waals surface area contributed by atoms with Crippen LogP contribution in [0.25, 0.3) is 0 Å². The molecule has 0 fully saturated rings. The molecule has 0 aliphatic heterocycles. The molecule has 0 aromatic heterocycles. The molecular weight excluding hydrogens is 283 g/mol. The van der Waals surface area contributed by atoms with Gasteiger partial charge in [-0.15, -0.1) is 0 Å². The Kier molecular flexibility index (Phi) is 5.92. The number of aliphatic hydroxyl groups excluding tert-OH is 1. The molecule has 5 nitrogen and oxygen atoms in total. The van der Waals surface area contributed by atoms with E-state index in [1.807, 2.05) is 0 Å². The highest BCUT2D eigenvalue weighted by Crippen LogP contribution is 2.47. The number of rotatable bonds is 7. The average molecular weight is 304 g/mol. The van der Waals surface area contributed by atoms with Crippen LogP contribution < -0.4 is 0 Å². The maximum absolute atomic E-state index is 11.7. The lowest BCUT2D eigenvalue weighted by Gasteiger charge is -2.19. The van der Waals surface area contributed by atoms with Gasteiger partial charge >= 0.3 is 7.82 Å². The van der Waals surface area contributed by atoms with Gasteiger partial charge in [-0.25, -0.2) is 4.57 Å². The second kappa shape index (κ2) is 6.79. The molecule has 0 amide bonds. The van der Waals surface area contributed by atoms with E-state index in [9.17, 15) is 14.6 Å². The van der Waals surface area contributed by atoms with E-state index in [4.69, 9.17) is 9.05 Å². The number of hydrogen-bond acceptors (Lipinski definition) is 4. The van der Waals surface area contributed by atoms with Crippen molar-refractivity contribution in [2.75, 3.05) is 6.61 Å². The van der Waals surface area contributed by atoms with Gasteiger partial charge in [-0.3, -0.25) is 9.05 Å². The van der Waals surface area contributed by atoms with Crippen molar-refractivity contribution < 1.29 is 23.6 Å². The molecule has 7 heteroatoms. The highest BCUT2D eigenvalue weighted by Gasteiger charge is 2.27. The standard InChI is InChI=1S/C12H21O5PSi/c1-19(2,3)10-9-16-18(14,15)17-12(13)11-7-5-4-6-8-11/h4-8,12-13H,9-10H2,1-3H3,(H,14,15). The van der Waals surface area contributed by atoms with Gasteiger partial charge in [-0.2, -0.15) is 0 Å². The van der Waals surface area contributed by atoms with Crippen LogP contribution in [0.15, 0.2) is 30.3 Å². The lowest BCUT2D eigenvalue weighted by atomic mass is 10.2. The summed E-state index contributed by atoms with van der Waals surface area (Å²) in [7, 11) is -5.56. The SMILES string of the molecule is C[Si](C)(C)CCOP(=O)(O)OC(O)c1ccccc1. The minimum absolute atomic E-state index is 0.158. The monoisotopic (exact) mass is 304 g/mol. The molecule has 0 saturated heterocycles. The van der Waals surface area contributed by atoms with Gasteiger partial charge in [0.15, 0.2) is 6.29 Å². The summed E-state index contributed by atoms with van der Waals surface area (Å²) < 4.78 is 21.2. The Hall–Kier alpha value is -0.493. The fourth-order valence-electron chi connectivity index (χ4n) is 1.30. The maximum atomic E-state index is 11.7. The van der Waals surface area contributed by atoms with Crippen LogP contribution in [0, 0.1) is 0 Å². The third-order valence-corrected chi connectivity index (χ3v) is 5.10. The molecule has 2 atom stereocenters. The van der Waals surface area contributed by atoms with Crippen LogP contribution in [-0.2, 0) is 13.6 Å². The highest BCUT2D eigenvalue weighted by molar-refractivity contribution is 7.47. The van der Waals surface area contributed by atoms with E-state index < -0.39 is 22.2 Å². The summed E-state index contributed by atoms with van der Waals surface area (Å²) in [5, 5.41) is 9.69. The first-order chi connectivity index (χ1) is 8.70. The molecule has 0 saturated carbocycles. The Morgan fingerprint density at radius 1 is 1.26 bits per heavy atom. The van der Waals surface area contributed by atoms with Crippen LogP contribution in [0.2, 0.25) is 25.7 Å². The van der Waals surface area contributed by atoms with Crippen LogP contribution in [0.5, 0.6) is 0 Å². The minimum atomic E-state index is -4.23. The predicted molar refractivity (Wildman–Crippen MR) is 76.4 cm³/mol. The third-order valence-electron chi connectivity index (χ3n) is 2.42. The topological polar surface area (TPSA) is 76.0 Å². The van der Waals surface area contributed by atoms with Crippen molar-refractivity contribution in [2.24, 2.45) is 0 Å². The van der Waals surface area contributed by atoms with Gasteiger partial charge in [0.2, 0.25) is 0 Å². The van der Waals surface area contributed by atoms with Crippen molar-refractivity contribution in [1.82, 2.24) is 0 Å².